The molecular formula is C47H84O14P2. The Hall–Kier alpha value is -2.22. The normalized spacial score (nSPS) is 15.1. The number of aliphatic hydroxyl groups is 2. The molecule has 0 radical (unpaired) electrons. The largest absolute Gasteiger partial charge is 0.472 e. The molecular weight excluding hydrogens is 850 g/mol. The number of aliphatic hydroxyl groups excluding tert-OH is 2. The summed E-state index contributed by atoms with van der Waals surface area (Å²) in [7, 11) is -9.71. The summed E-state index contributed by atoms with van der Waals surface area (Å²) in [6.45, 7) is 3.70. The highest BCUT2D eigenvalue weighted by Gasteiger charge is 2.28. The lowest BCUT2D eigenvalue weighted by atomic mass is 10.0. The van der Waals surface area contributed by atoms with Crippen LogP contribution in [0.4, 0.5) is 0 Å². The highest BCUT2D eigenvalue weighted by Crippen LogP contribution is 2.43. The van der Waals surface area contributed by atoms with Crippen molar-refractivity contribution in [3.63, 3.8) is 0 Å². The van der Waals surface area contributed by atoms with Gasteiger partial charge < -0.3 is 34.4 Å². The van der Waals surface area contributed by atoms with Crippen LogP contribution in [0.25, 0.3) is 0 Å². The number of allylic oxidation sites excluding steroid dienone is 9. The molecule has 16 heteroatoms. The van der Waals surface area contributed by atoms with Crippen LogP contribution in [0.3, 0.4) is 0 Å². The van der Waals surface area contributed by atoms with E-state index in [1.807, 2.05) is 43.4 Å². The highest BCUT2D eigenvalue weighted by atomic mass is 31.2. The maximum absolute atomic E-state index is 12.7. The number of phosphoric acid groups is 2. The van der Waals surface area contributed by atoms with Crippen molar-refractivity contribution in [2.45, 2.75) is 193 Å². The van der Waals surface area contributed by atoms with Gasteiger partial charge in [-0.05, 0) is 50.9 Å². The van der Waals surface area contributed by atoms with Crippen LogP contribution in [0, 0.1) is 5.92 Å². The van der Waals surface area contributed by atoms with Gasteiger partial charge in [0.1, 0.15) is 12.7 Å². The van der Waals surface area contributed by atoms with Crippen molar-refractivity contribution < 1.29 is 66.7 Å². The topological polar surface area (TPSA) is 216 Å². The van der Waals surface area contributed by atoms with E-state index in [1.54, 1.807) is 6.08 Å². The van der Waals surface area contributed by atoms with E-state index in [2.05, 4.69) is 41.1 Å². The van der Waals surface area contributed by atoms with Gasteiger partial charge in [-0.2, -0.15) is 0 Å². The Morgan fingerprint density at radius 3 is 1.57 bits per heavy atom. The minimum absolute atomic E-state index is 0.0384. The molecule has 0 aliphatic heterocycles. The second-order valence-corrected chi connectivity index (χ2v) is 19.0. The van der Waals surface area contributed by atoms with Crippen molar-refractivity contribution in [3.8, 4) is 0 Å². The van der Waals surface area contributed by atoms with Crippen LogP contribution in [0.15, 0.2) is 60.8 Å². The van der Waals surface area contributed by atoms with Crippen LogP contribution < -0.4 is 0 Å². The van der Waals surface area contributed by atoms with E-state index in [0.717, 1.165) is 44.4 Å². The Kier molecular flexibility index (Phi) is 39.8. The molecule has 4 atom stereocenters. The molecule has 0 fully saturated rings. The van der Waals surface area contributed by atoms with Gasteiger partial charge in [0, 0.05) is 12.8 Å². The van der Waals surface area contributed by atoms with Gasteiger partial charge in [-0.15, -0.1) is 0 Å². The molecule has 0 amide bonds. The lowest BCUT2D eigenvalue weighted by molar-refractivity contribution is -0.161. The molecule has 0 bridgehead atoms. The molecule has 14 nitrogen and oxygen atoms in total. The Bertz CT molecular complexity index is 1370. The Morgan fingerprint density at radius 2 is 1.03 bits per heavy atom. The molecule has 0 saturated carbocycles. The molecule has 0 aromatic rings. The van der Waals surface area contributed by atoms with Crippen LogP contribution in [-0.4, -0.2) is 81.6 Å². The summed E-state index contributed by atoms with van der Waals surface area (Å²) in [5.74, 6) is -0.304. The van der Waals surface area contributed by atoms with Gasteiger partial charge in [-0.3, -0.25) is 23.2 Å². The first-order chi connectivity index (χ1) is 30.1. The average Bonchev–Trinajstić information content (AvgIpc) is 3.23. The Labute approximate surface area is 379 Å². The molecule has 0 aliphatic rings. The van der Waals surface area contributed by atoms with E-state index < -0.39 is 72.3 Å². The van der Waals surface area contributed by atoms with Gasteiger partial charge in [0.2, 0.25) is 0 Å². The lowest BCUT2D eigenvalue weighted by Gasteiger charge is -2.20. The fraction of sp³-hybridized carbons (Fsp3) is 0.745. The summed E-state index contributed by atoms with van der Waals surface area (Å²) in [6, 6.07) is 0. The molecule has 63 heavy (non-hydrogen) atoms. The summed E-state index contributed by atoms with van der Waals surface area (Å²) < 4.78 is 47.8. The van der Waals surface area contributed by atoms with Crippen LogP contribution >= 0.6 is 15.6 Å². The van der Waals surface area contributed by atoms with Crippen molar-refractivity contribution >= 4 is 27.6 Å². The third-order valence-electron chi connectivity index (χ3n) is 9.75. The van der Waals surface area contributed by atoms with E-state index >= 15 is 0 Å². The number of hydrogen-bond acceptors (Lipinski definition) is 11. The summed E-state index contributed by atoms with van der Waals surface area (Å²) in [4.78, 5) is 52.8. The van der Waals surface area contributed by atoms with E-state index in [1.165, 1.54) is 77.0 Å². The van der Waals surface area contributed by atoms with E-state index in [0.29, 0.717) is 25.7 Å². The zero-order valence-electron chi connectivity index (χ0n) is 38.7. The van der Waals surface area contributed by atoms with Gasteiger partial charge in [-0.1, -0.05) is 178 Å². The number of esters is 2. The quantitative estimate of drug-likeness (QED) is 0.0126. The number of hydrogen-bond donors (Lipinski definition) is 5. The second kappa shape index (κ2) is 41.2. The van der Waals surface area contributed by atoms with Gasteiger partial charge in [0.15, 0.2) is 6.10 Å². The second-order valence-electron chi connectivity index (χ2n) is 16.3. The first-order valence-electron chi connectivity index (χ1n) is 23.4. The molecule has 366 valence electrons. The molecule has 0 aromatic carbocycles. The SMILES string of the molecule is CC[C@@H](O)/C=C/C=C\C/C=C\C/C=C\C/C=C\CCCC(=O)O[C@H](COC(=O)CCCCCCCCCCCCCCCCCC(C)C)COP(=O)(O)OC[C@@H](O)COP(=O)(O)O. The van der Waals surface area contributed by atoms with Crippen molar-refractivity contribution in [2.75, 3.05) is 26.4 Å². The molecule has 5 N–H and O–H groups in total. The lowest BCUT2D eigenvalue weighted by Crippen LogP contribution is -2.29. The smallest absolute Gasteiger partial charge is 0.462 e. The van der Waals surface area contributed by atoms with Crippen LogP contribution in [-0.2, 0) is 41.8 Å². The molecule has 0 aromatic heterocycles. The summed E-state index contributed by atoms with van der Waals surface area (Å²) >= 11 is 0. The molecule has 0 rings (SSSR count). The van der Waals surface area contributed by atoms with Crippen molar-refractivity contribution in [1.82, 2.24) is 0 Å². The van der Waals surface area contributed by atoms with E-state index in [4.69, 9.17) is 23.8 Å². The van der Waals surface area contributed by atoms with Crippen molar-refractivity contribution in [3.05, 3.63) is 60.8 Å². The predicted octanol–water partition coefficient (Wildman–Crippen LogP) is 11.2. The van der Waals surface area contributed by atoms with Gasteiger partial charge in [0.05, 0.1) is 25.9 Å². The molecule has 1 unspecified atom stereocenters. The van der Waals surface area contributed by atoms with Gasteiger partial charge >= 0.3 is 27.6 Å². The maximum Gasteiger partial charge on any atom is 0.472 e. The van der Waals surface area contributed by atoms with Gasteiger partial charge in [-0.25, -0.2) is 9.13 Å². The third kappa shape index (κ3) is 46.1. The number of carbonyl (C=O) groups is 2. The fourth-order valence-corrected chi connectivity index (χ4v) is 7.21. The van der Waals surface area contributed by atoms with E-state index in [9.17, 15) is 33.8 Å². The predicted molar refractivity (Wildman–Crippen MR) is 250 cm³/mol. The molecule has 0 saturated heterocycles. The summed E-state index contributed by atoms with van der Waals surface area (Å²) in [6.07, 6.45) is 40.3. The van der Waals surface area contributed by atoms with Crippen molar-refractivity contribution in [1.29, 1.82) is 0 Å². The standard InChI is InChI=1S/C47H84O14P2/c1-4-43(48)35-31-27-23-19-15-11-8-9-13-17-21-25-29-33-37-47(51)61-45(41-60-63(55,56)59-39-44(49)38-58-62(52,53)54)40-57-46(50)36-32-28-24-20-16-12-7-5-6-10-14-18-22-26-30-34-42(2)3/h9,11,13,15,21,23,25,27,31,35,42-45,48-49H,4-8,10,12,14,16-20,22,24,26,28-30,32-34,36-41H2,1-3H3,(H,55,56)(H2,52,53,54)/b13-9-,15-11-,25-21-,27-23-,35-31+/t43-,44+,45-/m1/s1. The van der Waals surface area contributed by atoms with Gasteiger partial charge in [0.25, 0.3) is 0 Å². The number of rotatable bonds is 43. The third-order valence-corrected chi connectivity index (χ3v) is 11.2. The zero-order valence-corrected chi connectivity index (χ0v) is 40.5. The van der Waals surface area contributed by atoms with Crippen molar-refractivity contribution in [2.24, 2.45) is 5.92 Å². The average molecular weight is 935 g/mol. The number of phosphoric ester groups is 2. The van der Waals surface area contributed by atoms with Crippen LogP contribution in [0.1, 0.15) is 175 Å². The fourth-order valence-electron chi connectivity index (χ4n) is 6.05. The highest BCUT2D eigenvalue weighted by molar-refractivity contribution is 7.47. The minimum Gasteiger partial charge on any atom is -0.462 e. The number of carbonyl (C=O) groups excluding carboxylic acids is 2. The Morgan fingerprint density at radius 1 is 0.556 bits per heavy atom. The number of unbranched alkanes of at least 4 members (excludes halogenated alkanes) is 15. The van der Waals surface area contributed by atoms with E-state index in [-0.39, 0.29) is 12.8 Å². The molecule has 0 heterocycles. The van der Waals surface area contributed by atoms with Crippen LogP contribution in [0.2, 0.25) is 0 Å². The monoisotopic (exact) mass is 935 g/mol. The zero-order chi connectivity index (χ0) is 46.9. The number of ether oxygens (including phenoxy) is 2. The summed E-state index contributed by atoms with van der Waals surface area (Å²) in [5, 5.41) is 19.2. The maximum atomic E-state index is 12.7. The summed E-state index contributed by atoms with van der Waals surface area (Å²) in [5.41, 5.74) is 0. The first-order valence-corrected chi connectivity index (χ1v) is 26.5. The Balaban J connectivity index is 4.56. The minimum atomic E-state index is -4.88. The molecule has 0 aliphatic carbocycles. The molecule has 0 spiro atoms. The first kappa shape index (κ1) is 60.8. The van der Waals surface area contributed by atoms with Crippen LogP contribution in [0.5, 0.6) is 0 Å².